The summed E-state index contributed by atoms with van der Waals surface area (Å²) in [7, 11) is 0.952. The van der Waals surface area contributed by atoms with E-state index in [0.717, 1.165) is 36.7 Å². The molecule has 9 nitrogen and oxygen atoms in total. The number of anilines is 3. The van der Waals surface area contributed by atoms with Gasteiger partial charge in [-0.3, -0.25) is 9.48 Å². The Hall–Kier alpha value is -3.19. The van der Waals surface area contributed by atoms with Crippen molar-refractivity contribution in [2.24, 2.45) is 7.05 Å². The normalized spacial score (nSPS) is 15.9. The first-order valence-corrected chi connectivity index (χ1v) is 13.4. The zero-order chi connectivity index (χ0) is 24.0. The highest BCUT2D eigenvalue weighted by atomic mass is 31.2. The van der Waals surface area contributed by atoms with Crippen LogP contribution in [-0.4, -0.2) is 44.0 Å². The van der Waals surface area contributed by atoms with Crippen LogP contribution in [0.15, 0.2) is 30.6 Å². The number of nitrogens with two attached hydrogens (primary N) is 1. The minimum atomic E-state index is -2.48. The Morgan fingerprint density at radius 1 is 1.24 bits per heavy atom. The molecule has 10 heteroatoms. The van der Waals surface area contributed by atoms with Crippen molar-refractivity contribution in [3.8, 4) is 17.0 Å². The number of ketones is 1. The second kappa shape index (κ2) is 8.55. The quantitative estimate of drug-likeness (QED) is 0.346. The second-order valence-electron chi connectivity index (χ2n) is 8.98. The monoisotopic (exact) mass is 480 g/mol. The van der Waals surface area contributed by atoms with Gasteiger partial charge in [-0.2, -0.15) is 5.10 Å². The second-order valence-corrected chi connectivity index (χ2v) is 12.3. The van der Waals surface area contributed by atoms with Gasteiger partial charge in [0, 0.05) is 48.8 Å². The smallest absolute Gasteiger partial charge is 0.173 e. The molecule has 0 aromatic carbocycles. The molecule has 3 heterocycles. The van der Waals surface area contributed by atoms with E-state index in [4.69, 9.17) is 15.6 Å². The van der Waals surface area contributed by atoms with E-state index in [0.29, 0.717) is 46.3 Å². The Labute approximate surface area is 198 Å². The fourth-order valence-electron chi connectivity index (χ4n) is 4.57. The van der Waals surface area contributed by atoms with Crippen LogP contribution in [0.5, 0.6) is 5.75 Å². The third kappa shape index (κ3) is 3.88. The summed E-state index contributed by atoms with van der Waals surface area (Å²) in [5, 5.41) is 7.92. The molecule has 0 unspecified atom stereocenters. The summed E-state index contributed by atoms with van der Waals surface area (Å²) >= 11 is 0. The maximum absolute atomic E-state index is 14.1. The summed E-state index contributed by atoms with van der Waals surface area (Å²) in [6, 6.07) is 5.39. The number of aromatic nitrogens is 4. The number of rotatable bonds is 9. The van der Waals surface area contributed by atoms with Crippen LogP contribution in [0.3, 0.4) is 0 Å². The van der Waals surface area contributed by atoms with Crippen molar-refractivity contribution >= 4 is 35.7 Å². The average Bonchev–Trinajstić information content (AvgIpc) is 3.75. The molecule has 0 amide bonds. The van der Waals surface area contributed by atoms with Gasteiger partial charge in [0.05, 0.1) is 29.5 Å². The number of carbonyl (C=O) groups is 1. The Morgan fingerprint density at radius 3 is 2.56 bits per heavy atom. The summed E-state index contributed by atoms with van der Waals surface area (Å²) in [6.07, 6.45) is 7.61. The molecule has 0 radical (unpaired) electrons. The van der Waals surface area contributed by atoms with Crippen LogP contribution < -0.4 is 21.2 Å². The number of aryl methyl sites for hydroxylation is 1. The van der Waals surface area contributed by atoms with Gasteiger partial charge in [0.1, 0.15) is 13.0 Å². The minimum Gasteiger partial charge on any atom is -0.492 e. The summed E-state index contributed by atoms with van der Waals surface area (Å²) in [5.41, 5.74) is 9.67. The SMILES string of the molecule is CCC(=O)c1cnc(N)cc1Nc1nccc(-c2cc(P(=O)(C3CC3)C3CC3)n(C)n2)c1OC. The lowest BCUT2D eigenvalue weighted by Crippen LogP contribution is -2.20. The van der Waals surface area contributed by atoms with Crippen molar-refractivity contribution in [1.29, 1.82) is 0 Å². The summed E-state index contributed by atoms with van der Waals surface area (Å²) < 4.78 is 21.6. The number of carbonyl (C=O) groups excluding carboxylic acids is 1. The molecule has 5 rings (SSSR count). The van der Waals surface area contributed by atoms with Crippen molar-refractivity contribution in [2.75, 3.05) is 18.2 Å². The standard InChI is InChI=1S/C24H29N6O3P/c1-4-20(31)17-13-27-21(25)11-18(17)28-24-23(33-3)16(9-10-26-24)19-12-22(30(2)29-19)34(32,14-5-6-14)15-7-8-15/h9-15H,4-8H2,1-3H3,(H3,25,26,27,28). The molecule has 0 saturated heterocycles. The number of hydrogen-bond acceptors (Lipinski definition) is 8. The predicted molar refractivity (Wildman–Crippen MR) is 133 cm³/mol. The van der Waals surface area contributed by atoms with E-state index in [1.807, 2.05) is 19.2 Å². The lowest BCUT2D eigenvalue weighted by molar-refractivity contribution is 0.0988. The van der Waals surface area contributed by atoms with E-state index in [9.17, 15) is 9.36 Å². The molecule has 0 atom stereocenters. The third-order valence-corrected chi connectivity index (χ3v) is 10.9. The van der Waals surface area contributed by atoms with Gasteiger partial charge < -0.3 is 20.4 Å². The molecule has 34 heavy (non-hydrogen) atoms. The molecular formula is C24H29N6O3P. The van der Waals surface area contributed by atoms with Crippen LogP contribution in [-0.2, 0) is 11.6 Å². The molecule has 2 aliphatic rings. The lowest BCUT2D eigenvalue weighted by atomic mass is 10.1. The van der Waals surface area contributed by atoms with Crippen molar-refractivity contribution in [1.82, 2.24) is 19.7 Å². The van der Waals surface area contributed by atoms with Gasteiger partial charge >= 0.3 is 0 Å². The Morgan fingerprint density at radius 2 is 1.94 bits per heavy atom. The van der Waals surface area contributed by atoms with E-state index in [1.54, 1.807) is 31.0 Å². The molecular weight excluding hydrogens is 451 g/mol. The maximum atomic E-state index is 14.1. The van der Waals surface area contributed by atoms with Gasteiger partial charge in [0.2, 0.25) is 0 Å². The number of nitrogens with one attached hydrogen (secondary N) is 1. The van der Waals surface area contributed by atoms with E-state index < -0.39 is 7.14 Å². The van der Waals surface area contributed by atoms with Crippen LogP contribution >= 0.6 is 7.14 Å². The fraction of sp³-hybridized carbons (Fsp3) is 0.417. The highest BCUT2D eigenvalue weighted by molar-refractivity contribution is 7.73. The zero-order valence-electron chi connectivity index (χ0n) is 19.6. The van der Waals surface area contributed by atoms with E-state index in [-0.39, 0.29) is 11.6 Å². The Balaban J connectivity index is 1.55. The van der Waals surface area contributed by atoms with E-state index in [1.165, 1.54) is 6.20 Å². The first-order valence-electron chi connectivity index (χ1n) is 11.6. The zero-order valence-corrected chi connectivity index (χ0v) is 20.5. The number of pyridine rings is 2. The molecule has 3 N–H and O–H groups in total. The highest BCUT2D eigenvalue weighted by Gasteiger charge is 2.53. The van der Waals surface area contributed by atoms with E-state index >= 15 is 0 Å². The number of methoxy groups -OCH3 is 1. The van der Waals surface area contributed by atoms with Gasteiger partial charge in [0.15, 0.2) is 17.4 Å². The lowest BCUT2D eigenvalue weighted by Gasteiger charge is -2.17. The van der Waals surface area contributed by atoms with Crippen LogP contribution in [0.1, 0.15) is 49.4 Å². The van der Waals surface area contributed by atoms with Crippen LogP contribution in [0.4, 0.5) is 17.3 Å². The molecule has 178 valence electrons. The third-order valence-electron chi connectivity index (χ3n) is 6.58. The first-order chi connectivity index (χ1) is 16.4. The Bertz CT molecular complexity index is 1300. The number of ether oxygens (including phenoxy) is 1. The van der Waals surface area contributed by atoms with Crippen molar-refractivity contribution in [3.63, 3.8) is 0 Å². The van der Waals surface area contributed by atoms with Crippen LogP contribution in [0.2, 0.25) is 0 Å². The Kier molecular flexibility index (Phi) is 5.68. The number of Topliss-reactive ketones (excluding diaryl/α,β-unsaturated/α-hetero) is 1. The minimum absolute atomic E-state index is 0.0598. The number of nitrogen functional groups attached to an aromatic ring is 1. The molecule has 3 aromatic heterocycles. The topological polar surface area (TPSA) is 125 Å². The van der Waals surface area contributed by atoms with Gasteiger partial charge in [-0.05, 0) is 37.8 Å². The average molecular weight is 481 g/mol. The highest BCUT2D eigenvalue weighted by Crippen LogP contribution is 2.69. The molecule has 2 fully saturated rings. The largest absolute Gasteiger partial charge is 0.492 e. The summed E-state index contributed by atoms with van der Waals surface area (Å²) in [4.78, 5) is 20.9. The fourth-order valence-corrected chi connectivity index (χ4v) is 8.56. The maximum Gasteiger partial charge on any atom is 0.173 e. The van der Waals surface area contributed by atoms with Gasteiger partial charge in [0.25, 0.3) is 0 Å². The molecule has 2 aliphatic carbocycles. The van der Waals surface area contributed by atoms with Crippen molar-refractivity contribution < 1.29 is 14.1 Å². The first kappa shape index (κ1) is 22.6. The van der Waals surface area contributed by atoms with Crippen LogP contribution in [0, 0.1) is 0 Å². The van der Waals surface area contributed by atoms with Crippen molar-refractivity contribution in [3.05, 3.63) is 36.2 Å². The summed E-state index contributed by atoms with van der Waals surface area (Å²) in [6.45, 7) is 1.79. The van der Waals surface area contributed by atoms with Crippen LogP contribution in [0.25, 0.3) is 11.3 Å². The van der Waals surface area contributed by atoms with Gasteiger partial charge in [-0.25, -0.2) is 9.97 Å². The molecule has 0 spiro atoms. The molecule has 0 aliphatic heterocycles. The van der Waals surface area contributed by atoms with Gasteiger partial charge in [-0.15, -0.1) is 0 Å². The number of hydrogen-bond donors (Lipinski definition) is 2. The molecule has 0 bridgehead atoms. The molecule has 2 saturated carbocycles. The van der Waals surface area contributed by atoms with Gasteiger partial charge in [-0.1, -0.05) is 6.92 Å². The molecule has 3 aromatic rings. The predicted octanol–water partition coefficient (Wildman–Crippen LogP) is 4.12. The summed E-state index contributed by atoms with van der Waals surface area (Å²) in [5.74, 6) is 1.13. The number of nitrogens with zero attached hydrogens (tertiary/aromatic N) is 4. The van der Waals surface area contributed by atoms with Crippen molar-refractivity contribution in [2.45, 2.75) is 50.3 Å². The van der Waals surface area contributed by atoms with E-state index in [2.05, 4.69) is 15.3 Å².